The predicted molar refractivity (Wildman–Crippen MR) is 75.1 cm³/mol. The highest BCUT2D eigenvalue weighted by Crippen LogP contribution is 2.32. The number of aliphatic hydroxyl groups is 1. The molecule has 0 aliphatic heterocycles. The molecule has 0 aromatic heterocycles. The number of hydrogen-bond donors (Lipinski definition) is 2. The lowest BCUT2D eigenvalue weighted by atomic mass is 10.1. The Labute approximate surface area is 115 Å². The number of rotatable bonds is 5. The number of hydrogen-bond acceptors (Lipinski definition) is 3. The molecule has 0 heterocycles. The number of thioether (sulfide) groups is 1. The van der Waals surface area contributed by atoms with Gasteiger partial charge in [-0.25, -0.2) is 0 Å². The van der Waals surface area contributed by atoms with Crippen LogP contribution in [0.15, 0.2) is 65.6 Å². The Morgan fingerprint density at radius 2 is 1.47 bits per heavy atom. The quantitative estimate of drug-likeness (QED) is 0.823. The van der Waals surface area contributed by atoms with E-state index < -0.39 is 17.3 Å². The molecule has 0 amide bonds. The standard InChI is InChI=1S/C15H14O3S/c16-13(11-7-3-1-4-8-11)14(15(17)18)19-12-9-5-2-6-10-12/h1-10,13-14,16H,(H,17,18). The first-order valence-electron chi connectivity index (χ1n) is 5.86. The Bertz CT molecular complexity index is 528. The normalized spacial score (nSPS) is 13.7. The van der Waals surface area contributed by atoms with E-state index in [-0.39, 0.29) is 0 Å². The van der Waals surface area contributed by atoms with E-state index in [1.807, 2.05) is 36.4 Å². The molecular formula is C15H14O3S. The van der Waals surface area contributed by atoms with Crippen molar-refractivity contribution in [2.75, 3.05) is 0 Å². The zero-order valence-electron chi connectivity index (χ0n) is 10.1. The first-order valence-corrected chi connectivity index (χ1v) is 6.74. The first kappa shape index (κ1) is 13.6. The molecule has 4 heteroatoms. The number of carboxylic acid groups (broad SMARTS) is 1. The molecule has 0 spiro atoms. The van der Waals surface area contributed by atoms with Crippen LogP contribution >= 0.6 is 11.8 Å². The van der Waals surface area contributed by atoms with Crippen molar-refractivity contribution in [1.29, 1.82) is 0 Å². The van der Waals surface area contributed by atoms with Crippen molar-refractivity contribution in [3.05, 3.63) is 66.2 Å². The lowest BCUT2D eigenvalue weighted by Crippen LogP contribution is -2.24. The lowest BCUT2D eigenvalue weighted by Gasteiger charge is -2.19. The predicted octanol–water partition coefficient (Wildman–Crippen LogP) is 2.97. The van der Waals surface area contributed by atoms with Crippen molar-refractivity contribution in [3.63, 3.8) is 0 Å². The summed E-state index contributed by atoms with van der Waals surface area (Å²) < 4.78 is 0. The Morgan fingerprint density at radius 1 is 0.947 bits per heavy atom. The van der Waals surface area contributed by atoms with E-state index in [0.29, 0.717) is 5.56 Å². The van der Waals surface area contributed by atoms with Crippen LogP contribution in [0.25, 0.3) is 0 Å². The third kappa shape index (κ3) is 3.59. The molecule has 2 aromatic rings. The minimum Gasteiger partial charge on any atom is -0.480 e. The number of benzene rings is 2. The third-order valence-electron chi connectivity index (χ3n) is 2.68. The van der Waals surface area contributed by atoms with Gasteiger partial charge in [0.05, 0.1) is 0 Å². The summed E-state index contributed by atoms with van der Waals surface area (Å²) in [4.78, 5) is 12.2. The van der Waals surface area contributed by atoms with E-state index in [0.717, 1.165) is 16.7 Å². The van der Waals surface area contributed by atoms with Gasteiger partial charge in [0.15, 0.2) is 0 Å². The van der Waals surface area contributed by atoms with Crippen LogP contribution in [0.5, 0.6) is 0 Å². The molecule has 2 atom stereocenters. The van der Waals surface area contributed by atoms with Crippen molar-refractivity contribution >= 4 is 17.7 Å². The molecule has 2 N–H and O–H groups in total. The van der Waals surface area contributed by atoms with Gasteiger partial charge in [0.1, 0.15) is 11.4 Å². The van der Waals surface area contributed by atoms with Crippen molar-refractivity contribution in [2.45, 2.75) is 16.2 Å². The van der Waals surface area contributed by atoms with Crippen LogP contribution in [-0.4, -0.2) is 21.4 Å². The van der Waals surface area contributed by atoms with Gasteiger partial charge in [-0.05, 0) is 17.7 Å². The summed E-state index contributed by atoms with van der Waals surface area (Å²) in [5.74, 6) is -1.02. The van der Waals surface area contributed by atoms with Gasteiger partial charge in [-0.15, -0.1) is 11.8 Å². The van der Waals surface area contributed by atoms with E-state index in [1.54, 1.807) is 24.3 Å². The molecule has 0 radical (unpaired) electrons. The molecule has 0 aliphatic carbocycles. The highest BCUT2D eigenvalue weighted by atomic mass is 32.2. The Kier molecular flexibility index (Phi) is 4.60. The smallest absolute Gasteiger partial charge is 0.320 e. The first-order chi connectivity index (χ1) is 9.18. The fourth-order valence-corrected chi connectivity index (χ4v) is 2.71. The summed E-state index contributed by atoms with van der Waals surface area (Å²) in [5.41, 5.74) is 0.610. The maximum Gasteiger partial charge on any atom is 0.320 e. The Morgan fingerprint density at radius 3 is 2.00 bits per heavy atom. The van der Waals surface area contributed by atoms with E-state index >= 15 is 0 Å². The van der Waals surface area contributed by atoms with Crippen LogP contribution in [0.4, 0.5) is 0 Å². The number of carbonyl (C=O) groups is 1. The second-order valence-electron chi connectivity index (χ2n) is 4.05. The fraction of sp³-hybridized carbons (Fsp3) is 0.133. The van der Waals surface area contributed by atoms with Gasteiger partial charge >= 0.3 is 5.97 Å². The molecule has 3 nitrogen and oxygen atoms in total. The second kappa shape index (κ2) is 6.41. The fourth-order valence-electron chi connectivity index (χ4n) is 1.72. The molecule has 2 aromatic carbocycles. The van der Waals surface area contributed by atoms with Gasteiger partial charge in [0.2, 0.25) is 0 Å². The summed E-state index contributed by atoms with van der Waals surface area (Å²) in [6, 6.07) is 18.1. The van der Waals surface area contributed by atoms with Crippen LogP contribution in [0.2, 0.25) is 0 Å². The van der Waals surface area contributed by atoms with Crippen LogP contribution in [0, 0.1) is 0 Å². The number of carboxylic acids is 1. The van der Waals surface area contributed by atoms with Gasteiger partial charge in [-0.2, -0.15) is 0 Å². The highest BCUT2D eigenvalue weighted by molar-refractivity contribution is 8.00. The number of aliphatic hydroxyl groups excluding tert-OH is 1. The van der Waals surface area contributed by atoms with E-state index in [4.69, 9.17) is 0 Å². The van der Waals surface area contributed by atoms with Gasteiger partial charge in [-0.3, -0.25) is 4.79 Å². The maximum atomic E-state index is 11.3. The average molecular weight is 274 g/mol. The van der Waals surface area contributed by atoms with Gasteiger partial charge in [-0.1, -0.05) is 48.5 Å². The molecule has 2 rings (SSSR count). The minimum absolute atomic E-state index is 0.610. The largest absolute Gasteiger partial charge is 0.480 e. The second-order valence-corrected chi connectivity index (χ2v) is 5.26. The molecule has 19 heavy (non-hydrogen) atoms. The summed E-state index contributed by atoms with van der Waals surface area (Å²) >= 11 is 1.15. The monoisotopic (exact) mass is 274 g/mol. The van der Waals surface area contributed by atoms with Crippen molar-refractivity contribution in [2.24, 2.45) is 0 Å². The molecule has 0 saturated heterocycles. The topological polar surface area (TPSA) is 57.5 Å². The molecule has 0 fully saturated rings. The van der Waals surface area contributed by atoms with E-state index in [9.17, 15) is 15.0 Å². The van der Waals surface area contributed by atoms with Gasteiger partial charge in [0, 0.05) is 4.90 Å². The molecule has 0 saturated carbocycles. The van der Waals surface area contributed by atoms with Crippen molar-refractivity contribution in [3.8, 4) is 0 Å². The highest BCUT2D eigenvalue weighted by Gasteiger charge is 2.28. The van der Waals surface area contributed by atoms with Crippen molar-refractivity contribution < 1.29 is 15.0 Å². The van der Waals surface area contributed by atoms with E-state index in [2.05, 4.69) is 0 Å². The summed E-state index contributed by atoms with van der Waals surface area (Å²) in [7, 11) is 0. The van der Waals surface area contributed by atoms with Crippen LogP contribution in [-0.2, 0) is 4.79 Å². The van der Waals surface area contributed by atoms with Crippen LogP contribution in [0.1, 0.15) is 11.7 Å². The van der Waals surface area contributed by atoms with Crippen molar-refractivity contribution in [1.82, 2.24) is 0 Å². The maximum absolute atomic E-state index is 11.3. The summed E-state index contributed by atoms with van der Waals surface area (Å²) in [6.07, 6.45) is -1.04. The average Bonchev–Trinajstić information content (AvgIpc) is 2.46. The zero-order chi connectivity index (χ0) is 13.7. The summed E-state index contributed by atoms with van der Waals surface area (Å²) in [6.45, 7) is 0. The minimum atomic E-state index is -1.04. The Balaban J connectivity index is 2.19. The van der Waals surface area contributed by atoms with Gasteiger partial charge < -0.3 is 10.2 Å². The van der Waals surface area contributed by atoms with Crippen LogP contribution in [0.3, 0.4) is 0 Å². The molecule has 2 unspecified atom stereocenters. The SMILES string of the molecule is O=C(O)C(Sc1ccccc1)C(O)c1ccccc1. The molecule has 98 valence electrons. The van der Waals surface area contributed by atoms with Gasteiger partial charge in [0.25, 0.3) is 0 Å². The molecular weight excluding hydrogens is 260 g/mol. The third-order valence-corrected chi connectivity index (χ3v) is 3.94. The lowest BCUT2D eigenvalue weighted by molar-refractivity contribution is -0.138. The summed E-state index contributed by atoms with van der Waals surface area (Å²) in [5, 5.41) is 18.6. The molecule has 0 aliphatic rings. The Hall–Kier alpha value is -1.78. The van der Waals surface area contributed by atoms with Crippen LogP contribution < -0.4 is 0 Å². The zero-order valence-corrected chi connectivity index (χ0v) is 11.0. The van der Waals surface area contributed by atoms with E-state index in [1.165, 1.54) is 0 Å². The number of aliphatic carboxylic acids is 1. The molecule has 0 bridgehead atoms.